The van der Waals surface area contributed by atoms with Crippen LogP contribution in [0.4, 0.5) is 5.69 Å². The average molecular weight is 538 g/mol. The Morgan fingerprint density at radius 2 is 1.84 bits per heavy atom. The summed E-state index contributed by atoms with van der Waals surface area (Å²) in [4.78, 5) is 12.6. The zero-order valence-electron chi connectivity index (χ0n) is 22.9. The highest BCUT2D eigenvalue weighted by molar-refractivity contribution is 7.17. The molecular weight excluding hydrogens is 498 g/mol. The second-order valence-corrected chi connectivity index (χ2v) is 9.74. The molecule has 0 bridgehead atoms. The topological polar surface area (TPSA) is 84.8 Å². The van der Waals surface area contributed by atoms with E-state index in [9.17, 15) is 4.79 Å². The fraction of sp³-hybridized carbons (Fsp3) is 0.367. The van der Waals surface area contributed by atoms with E-state index in [1.807, 2.05) is 68.1 Å². The maximum atomic E-state index is 12.6. The molecule has 8 heteroatoms. The zero-order valence-corrected chi connectivity index (χ0v) is 23.7. The molecule has 38 heavy (non-hydrogen) atoms. The number of thiophene rings is 1. The monoisotopic (exact) mass is 537 g/mol. The number of aromatic nitrogens is 1. The van der Waals surface area contributed by atoms with E-state index in [2.05, 4.69) is 10.6 Å². The molecule has 1 aliphatic heterocycles. The molecule has 4 aromatic rings. The fourth-order valence-electron chi connectivity index (χ4n) is 4.22. The molecule has 0 aliphatic carbocycles. The molecule has 0 atom stereocenters. The second-order valence-electron chi connectivity index (χ2n) is 8.80. The normalized spacial score (nSPS) is 13.2. The molecule has 2 aromatic heterocycles. The summed E-state index contributed by atoms with van der Waals surface area (Å²) in [5, 5.41) is 17.4. The number of hydrogen-bond acceptors (Lipinski definition) is 6. The first-order valence-electron chi connectivity index (χ1n) is 13.0. The first-order valence-corrected chi connectivity index (χ1v) is 13.9. The van der Waals surface area contributed by atoms with Crippen molar-refractivity contribution in [3.05, 3.63) is 76.8 Å². The Bertz CT molecular complexity index is 1290. The fourth-order valence-corrected chi connectivity index (χ4v) is 5.06. The largest absolute Gasteiger partial charge is 0.508 e. The molecule has 2 aromatic carbocycles. The number of aryl methyl sites for hydroxylation is 1. The number of fused-ring (bicyclic) bond motifs is 1. The molecule has 7 nitrogen and oxygen atoms in total. The summed E-state index contributed by atoms with van der Waals surface area (Å²) in [6.07, 6.45) is 2.43. The summed E-state index contributed by atoms with van der Waals surface area (Å²) in [5.74, 6) is 1.03. The Hall–Kier alpha value is -3.33. The van der Waals surface area contributed by atoms with Crippen LogP contribution in [-0.4, -0.2) is 41.9 Å². The van der Waals surface area contributed by atoms with Crippen molar-refractivity contribution in [2.45, 2.75) is 46.3 Å². The van der Waals surface area contributed by atoms with E-state index in [0.717, 1.165) is 58.7 Å². The number of nitrogens with one attached hydrogen (secondary N) is 2. The molecule has 3 N–H and O–H groups in total. The van der Waals surface area contributed by atoms with Gasteiger partial charge in [-0.1, -0.05) is 26.0 Å². The van der Waals surface area contributed by atoms with Crippen LogP contribution in [0.3, 0.4) is 0 Å². The molecule has 0 unspecified atom stereocenters. The van der Waals surface area contributed by atoms with Crippen LogP contribution in [0.25, 0.3) is 10.2 Å². The Balaban J connectivity index is 0.000000215. The van der Waals surface area contributed by atoms with E-state index in [0.29, 0.717) is 18.4 Å². The lowest BCUT2D eigenvalue weighted by atomic mass is 10.1. The number of methoxy groups -OCH3 is 1. The van der Waals surface area contributed by atoms with Crippen LogP contribution in [-0.2, 0) is 18.4 Å². The second kappa shape index (κ2) is 14.6. The molecule has 0 spiro atoms. The number of benzene rings is 2. The number of anilines is 1. The Labute approximate surface area is 229 Å². The highest BCUT2D eigenvalue weighted by Gasteiger charge is 2.16. The number of piperidine rings is 1. The summed E-state index contributed by atoms with van der Waals surface area (Å²) in [6, 6.07) is 16.7. The van der Waals surface area contributed by atoms with E-state index in [-0.39, 0.29) is 11.7 Å². The third-order valence-corrected chi connectivity index (χ3v) is 7.17. The maximum absolute atomic E-state index is 12.6. The van der Waals surface area contributed by atoms with Crippen molar-refractivity contribution < 1.29 is 19.4 Å². The minimum Gasteiger partial charge on any atom is -0.508 e. The van der Waals surface area contributed by atoms with Crippen LogP contribution in [0.1, 0.15) is 48.3 Å². The van der Waals surface area contributed by atoms with E-state index >= 15 is 0 Å². The van der Waals surface area contributed by atoms with Crippen LogP contribution in [0.5, 0.6) is 11.5 Å². The van der Waals surface area contributed by atoms with E-state index in [1.54, 1.807) is 42.7 Å². The number of hydrogen-bond donors (Lipinski definition) is 3. The average Bonchev–Trinajstić information content (AvgIpc) is 3.53. The number of amides is 1. The van der Waals surface area contributed by atoms with Gasteiger partial charge in [0.15, 0.2) is 0 Å². The molecule has 204 valence electrons. The van der Waals surface area contributed by atoms with Crippen molar-refractivity contribution in [2.75, 3.05) is 25.5 Å². The van der Waals surface area contributed by atoms with Gasteiger partial charge in [-0.3, -0.25) is 4.79 Å². The first-order chi connectivity index (χ1) is 18.5. The SMILES string of the molecule is CC.COCc1cccc(NC(=O)c2cc3sccc3n2C)c1C.Oc1ccc(OC2CCNCC2)cc1. The number of phenols is 1. The van der Waals surface area contributed by atoms with Gasteiger partial charge in [0, 0.05) is 19.8 Å². The highest BCUT2D eigenvalue weighted by Crippen LogP contribution is 2.26. The predicted octanol–water partition coefficient (Wildman–Crippen LogP) is 6.50. The Morgan fingerprint density at radius 1 is 1.13 bits per heavy atom. The standard InChI is InChI=1S/C17H18N2O2S.C11H15NO2.C2H6/c1-11-12(10-21-3)5-4-6-13(11)18-17(20)15-9-16-14(19(15)2)7-8-22-16;13-9-1-3-10(4-2-9)14-11-5-7-12-8-6-11;1-2/h4-9H,10H2,1-3H3,(H,18,20);1-4,11-13H,5-8H2;1-2H3. The van der Waals surface area contributed by atoms with Gasteiger partial charge in [0.2, 0.25) is 0 Å². The molecular formula is C30H39N3O4S. The lowest BCUT2D eigenvalue weighted by Crippen LogP contribution is -2.34. The first kappa shape index (κ1) is 29.2. The van der Waals surface area contributed by atoms with Gasteiger partial charge in [-0.25, -0.2) is 0 Å². The van der Waals surface area contributed by atoms with Crippen molar-refractivity contribution in [1.82, 2.24) is 9.88 Å². The van der Waals surface area contributed by atoms with Crippen molar-refractivity contribution in [3.8, 4) is 11.5 Å². The van der Waals surface area contributed by atoms with E-state index < -0.39 is 0 Å². The molecule has 1 aliphatic rings. The smallest absolute Gasteiger partial charge is 0.272 e. The molecule has 3 heterocycles. The Kier molecular flexibility index (Phi) is 11.2. The number of nitrogens with zero attached hydrogens (tertiary/aromatic N) is 1. The number of carbonyl (C=O) groups is 1. The van der Waals surface area contributed by atoms with Crippen molar-refractivity contribution in [2.24, 2.45) is 7.05 Å². The van der Waals surface area contributed by atoms with Gasteiger partial charge >= 0.3 is 0 Å². The molecule has 0 radical (unpaired) electrons. The van der Waals surface area contributed by atoms with Gasteiger partial charge in [0.1, 0.15) is 23.3 Å². The molecule has 0 saturated carbocycles. The summed E-state index contributed by atoms with van der Waals surface area (Å²) >= 11 is 1.64. The summed E-state index contributed by atoms with van der Waals surface area (Å²) in [6.45, 7) is 8.59. The third-order valence-electron chi connectivity index (χ3n) is 6.32. The minimum absolute atomic E-state index is 0.0939. The van der Waals surface area contributed by atoms with Gasteiger partial charge in [-0.15, -0.1) is 11.3 Å². The maximum Gasteiger partial charge on any atom is 0.272 e. The highest BCUT2D eigenvalue weighted by atomic mass is 32.1. The van der Waals surface area contributed by atoms with Gasteiger partial charge in [-0.05, 0) is 91.8 Å². The van der Waals surface area contributed by atoms with Gasteiger partial charge in [0.05, 0.1) is 16.8 Å². The van der Waals surface area contributed by atoms with Gasteiger partial charge < -0.3 is 29.8 Å². The molecule has 1 saturated heterocycles. The zero-order chi connectivity index (χ0) is 27.5. The lowest BCUT2D eigenvalue weighted by molar-refractivity contribution is 0.101. The van der Waals surface area contributed by atoms with E-state index in [1.165, 1.54) is 0 Å². The van der Waals surface area contributed by atoms with Crippen LogP contribution in [0, 0.1) is 6.92 Å². The molecule has 5 rings (SSSR count). The lowest BCUT2D eigenvalue weighted by Gasteiger charge is -2.23. The molecule has 1 fully saturated rings. The minimum atomic E-state index is -0.0939. The number of ether oxygens (including phenoxy) is 2. The van der Waals surface area contributed by atoms with Crippen molar-refractivity contribution in [1.29, 1.82) is 0 Å². The van der Waals surface area contributed by atoms with Crippen LogP contribution < -0.4 is 15.4 Å². The predicted molar refractivity (Wildman–Crippen MR) is 157 cm³/mol. The van der Waals surface area contributed by atoms with Gasteiger partial charge in [0.25, 0.3) is 5.91 Å². The van der Waals surface area contributed by atoms with Crippen LogP contribution in [0.15, 0.2) is 60.0 Å². The van der Waals surface area contributed by atoms with Crippen molar-refractivity contribution >= 4 is 33.1 Å². The van der Waals surface area contributed by atoms with Crippen molar-refractivity contribution in [3.63, 3.8) is 0 Å². The Morgan fingerprint density at radius 3 is 2.50 bits per heavy atom. The van der Waals surface area contributed by atoms with Gasteiger partial charge in [-0.2, -0.15) is 0 Å². The molecule has 1 amide bonds. The van der Waals surface area contributed by atoms with Crippen LogP contribution in [0.2, 0.25) is 0 Å². The van der Waals surface area contributed by atoms with E-state index in [4.69, 9.17) is 14.6 Å². The number of carbonyl (C=O) groups excluding carboxylic acids is 1. The number of aromatic hydroxyl groups is 1. The summed E-state index contributed by atoms with van der Waals surface area (Å²) < 4.78 is 14.0. The quantitative estimate of drug-likeness (QED) is 0.262. The summed E-state index contributed by atoms with van der Waals surface area (Å²) in [7, 11) is 3.58. The third kappa shape index (κ3) is 7.60. The van der Waals surface area contributed by atoms with Crippen LogP contribution >= 0.6 is 11.3 Å². The number of phenolic OH excluding ortho intramolecular Hbond substituents is 1. The summed E-state index contributed by atoms with van der Waals surface area (Å²) in [5.41, 5.74) is 4.68. The number of rotatable bonds is 6.